The molecule has 1 aromatic carbocycles. The first-order chi connectivity index (χ1) is 10.5. The van der Waals surface area contributed by atoms with Crippen LogP contribution in [0.4, 0.5) is 4.39 Å². The van der Waals surface area contributed by atoms with E-state index in [1.807, 2.05) is 0 Å². The largest absolute Gasteiger partial charge is 0.464 e. The Hall–Kier alpha value is -2.70. The molecule has 0 fully saturated rings. The molecule has 0 aliphatic heterocycles. The summed E-state index contributed by atoms with van der Waals surface area (Å²) >= 11 is 0. The highest BCUT2D eigenvalue weighted by atomic mass is 19.1. The van der Waals surface area contributed by atoms with Crippen molar-refractivity contribution in [2.24, 2.45) is 0 Å². The predicted octanol–water partition coefficient (Wildman–Crippen LogP) is 1.78. The van der Waals surface area contributed by atoms with Crippen LogP contribution in [0.2, 0.25) is 0 Å². The fraction of sp³-hybridized carbons (Fsp3) is 0.267. The second-order valence-electron chi connectivity index (χ2n) is 4.63. The van der Waals surface area contributed by atoms with Gasteiger partial charge in [-0.2, -0.15) is 5.10 Å². The minimum atomic E-state index is -0.647. The SMILES string of the molecule is CNC(=O)c1cc(C(=O)OC)n(C(C)c2ccccc2F)n1. The Morgan fingerprint density at radius 3 is 2.64 bits per heavy atom. The van der Waals surface area contributed by atoms with Crippen LogP contribution < -0.4 is 5.32 Å². The third kappa shape index (κ3) is 2.83. The van der Waals surface area contributed by atoms with E-state index in [1.165, 1.54) is 31.0 Å². The van der Waals surface area contributed by atoms with Crippen molar-refractivity contribution in [3.63, 3.8) is 0 Å². The van der Waals surface area contributed by atoms with E-state index in [0.717, 1.165) is 0 Å². The van der Waals surface area contributed by atoms with E-state index in [1.54, 1.807) is 25.1 Å². The van der Waals surface area contributed by atoms with E-state index < -0.39 is 23.7 Å². The summed E-state index contributed by atoms with van der Waals surface area (Å²) in [5.41, 5.74) is 0.502. The van der Waals surface area contributed by atoms with Gasteiger partial charge in [-0.3, -0.25) is 4.79 Å². The van der Waals surface area contributed by atoms with Crippen LogP contribution in [0.1, 0.15) is 39.5 Å². The van der Waals surface area contributed by atoms with Gasteiger partial charge in [-0.1, -0.05) is 18.2 Å². The topological polar surface area (TPSA) is 73.2 Å². The monoisotopic (exact) mass is 305 g/mol. The Balaban J connectivity index is 2.53. The fourth-order valence-corrected chi connectivity index (χ4v) is 2.13. The van der Waals surface area contributed by atoms with Crippen LogP contribution in [0, 0.1) is 5.82 Å². The highest BCUT2D eigenvalue weighted by Crippen LogP contribution is 2.23. The Labute approximate surface area is 126 Å². The van der Waals surface area contributed by atoms with Gasteiger partial charge in [0.1, 0.15) is 11.5 Å². The van der Waals surface area contributed by atoms with Gasteiger partial charge in [-0.15, -0.1) is 0 Å². The first-order valence-corrected chi connectivity index (χ1v) is 6.64. The van der Waals surface area contributed by atoms with E-state index >= 15 is 0 Å². The number of carbonyl (C=O) groups excluding carboxylic acids is 2. The number of halogens is 1. The maximum atomic E-state index is 13.9. The van der Waals surface area contributed by atoms with E-state index in [-0.39, 0.29) is 11.4 Å². The minimum Gasteiger partial charge on any atom is -0.464 e. The highest BCUT2D eigenvalue weighted by Gasteiger charge is 2.24. The Morgan fingerprint density at radius 1 is 1.36 bits per heavy atom. The molecule has 1 heterocycles. The quantitative estimate of drug-likeness (QED) is 0.874. The van der Waals surface area contributed by atoms with Crippen molar-refractivity contribution in [3.05, 3.63) is 53.1 Å². The summed E-state index contributed by atoms with van der Waals surface area (Å²) in [5, 5.41) is 6.53. The first-order valence-electron chi connectivity index (χ1n) is 6.64. The molecule has 0 saturated carbocycles. The maximum Gasteiger partial charge on any atom is 0.356 e. The molecule has 22 heavy (non-hydrogen) atoms. The fourth-order valence-electron chi connectivity index (χ4n) is 2.13. The summed E-state index contributed by atoms with van der Waals surface area (Å²) in [6.45, 7) is 1.69. The third-order valence-corrected chi connectivity index (χ3v) is 3.31. The van der Waals surface area contributed by atoms with Gasteiger partial charge < -0.3 is 10.1 Å². The number of hydrogen-bond acceptors (Lipinski definition) is 4. The van der Waals surface area contributed by atoms with Gasteiger partial charge in [0, 0.05) is 18.7 Å². The number of aromatic nitrogens is 2. The van der Waals surface area contributed by atoms with Gasteiger partial charge in [-0.25, -0.2) is 13.9 Å². The van der Waals surface area contributed by atoms with Crippen LogP contribution in [0.25, 0.3) is 0 Å². The number of carbonyl (C=O) groups is 2. The van der Waals surface area contributed by atoms with E-state index in [9.17, 15) is 14.0 Å². The minimum absolute atomic E-state index is 0.0612. The molecule has 2 aromatic rings. The summed E-state index contributed by atoms with van der Waals surface area (Å²) in [6, 6.07) is 6.94. The predicted molar refractivity (Wildman–Crippen MR) is 77.2 cm³/mol. The van der Waals surface area contributed by atoms with Gasteiger partial charge in [0.25, 0.3) is 5.91 Å². The number of nitrogens with zero attached hydrogens (tertiary/aromatic N) is 2. The molecule has 1 amide bonds. The van der Waals surface area contributed by atoms with Crippen molar-refractivity contribution in [1.29, 1.82) is 0 Å². The summed E-state index contributed by atoms with van der Waals surface area (Å²) in [6.07, 6.45) is 0. The van der Waals surface area contributed by atoms with Crippen molar-refractivity contribution < 1.29 is 18.7 Å². The van der Waals surface area contributed by atoms with E-state index in [4.69, 9.17) is 4.74 Å². The molecule has 6 nitrogen and oxygen atoms in total. The average molecular weight is 305 g/mol. The zero-order chi connectivity index (χ0) is 16.3. The Bertz CT molecular complexity index is 712. The van der Waals surface area contributed by atoms with Crippen molar-refractivity contribution in [3.8, 4) is 0 Å². The van der Waals surface area contributed by atoms with Gasteiger partial charge in [-0.05, 0) is 13.0 Å². The number of ether oxygens (including phenoxy) is 1. The molecule has 1 atom stereocenters. The molecular weight excluding hydrogens is 289 g/mol. The third-order valence-electron chi connectivity index (χ3n) is 3.31. The molecule has 0 spiro atoms. The standard InChI is InChI=1S/C15H16FN3O3/c1-9(10-6-4-5-7-11(10)16)19-13(15(21)22-3)8-12(18-19)14(20)17-2/h4-9H,1-3H3,(H,17,20). The number of benzene rings is 1. The van der Waals surface area contributed by atoms with Crippen LogP contribution in [0.15, 0.2) is 30.3 Å². The molecule has 0 bridgehead atoms. The lowest BCUT2D eigenvalue weighted by atomic mass is 10.1. The van der Waals surface area contributed by atoms with Crippen LogP contribution in [-0.2, 0) is 4.74 Å². The lowest BCUT2D eigenvalue weighted by Crippen LogP contribution is -2.20. The molecule has 0 aliphatic carbocycles. The maximum absolute atomic E-state index is 13.9. The number of hydrogen-bond donors (Lipinski definition) is 1. The van der Waals surface area contributed by atoms with E-state index in [0.29, 0.717) is 5.56 Å². The molecule has 0 radical (unpaired) electrons. The van der Waals surface area contributed by atoms with Crippen LogP contribution in [-0.4, -0.2) is 35.8 Å². The molecular formula is C15H16FN3O3. The molecule has 0 saturated heterocycles. The molecule has 0 aliphatic rings. The van der Waals surface area contributed by atoms with E-state index in [2.05, 4.69) is 10.4 Å². The highest BCUT2D eigenvalue weighted by molar-refractivity contribution is 5.95. The summed E-state index contributed by atoms with van der Waals surface area (Å²) in [5.74, 6) is -1.50. The lowest BCUT2D eigenvalue weighted by Gasteiger charge is -2.15. The van der Waals surface area contributed by atoms with Crippen molar-refractivity contribution >= 4 is 11.9 Å². The average Bonchev–Trinajstić information content (AvgIpc) is 2.98. The normalized spacial score (nSPS) is 11.8. The molecule has 2 rings (SSSR count). The molecule has 1 N–H and O–H groups in total. The number of methoxy groups -OCH3 is 1. The van der Waals surface area contributed by atoms with Crippen molar-refractivity contribution in [1.82, 2.24) is 15.1 Å². The van der Waals surface area contributed by atoms with Crippen LogP contribution in [0.3, 0.4) is 0 Å². The molecule has 1 aromatic heterocycles. The second-order valence-corrected chi connectivity index (χ2v) is 4.63. The van der Waals surface area contributed by atoms with Crippen molar-refractivity contribution in [2.45, 2.75) is 13.0 Å². The lowest BCUT2D eigenvalue weighted by molar-refractivity contribution is 0.0585. The molecule has 7 heteroatoms. The van der Waals surface area contributed by atoms with Gasteiger partial charge in [0.05, 0.1) is 13.2 Å². The number of nitrogens with one attached hydrogen (secondary N) is 1. The van der Waals surface area contributed by atoms with Crippen molar-refractivity contribution in [2.75, 3.05) is 14.2 Å². The number of esters is 1. The van der Waals surface area contributed by atoms with Gasteiger partial charge in [0.2, 0.25) is 0 Å². The zero-order valence-corrected chi connectivity index (χ0v) is 12.5. The number of rotatable bonds is 4. The smallest absolute Gasteiger partial charge is 0.356 e. The summed E-state index contributed by atoms with van der Waals surface area (Å²) in [7, 11) is 2.69. The Kier molecular flexibility index (Phi) is 4.55. The van der Waals surface area contributed by atoms with Crippen LogP contribution in [0.5, 0.6) is 0 Å². The summed E-state index contributed by atoms with van der Waals surface area (Å²) < 4.78 is 19.9. The summed E-state index contributed by atoms with van der Waals surface area (Å²) in [4.78, 5) is 23.6. The van der Waals surface area contributed by atoms with Crippen LogP contribution >= 0.6 is 0 Å². The first kappa shape index (κ1) is 15.7. The number of amides is 1. The second kappa shape index (κ2) is 6.38. The van der Waals surface area contributed by atoms with Gasteiger partial charge in [0.15, 0.2) is 5.69 Å². The molecule has 116 valence electrons. The van der Waals surface area contributed by atoms with Gasteiger partial charge >= 0.3 is 5.97 Å². The molecule has 1 unspecified atom stereocenters. The zero-order valence-electron chi connectivity index (χ0n) is 12.5. The Morgan fingerprint density at radius 2 is 2.05 bits per heavy atom.